The van der Waals surface area contributed by atoms with Crippen LogP contribution in [0.25, 0.3) is 11.3 Å². The number of likely N-dealkylation sites (tertiary alicyclic amines) is 1. The Kier molecular flexibility index (Phi) is 8.96. The smallest absolute Gasteiger partial charge is 0.248 e. The van der Waals surface area contributed by atoms with Crippen LogP contribution in [0.1, 0.15) is 48.6 Å². The van der Waals surface area contributed by atoms with Gasteiger partial charge in [-0.05, 0) is 56.9 Å². The molecule has 0 saturated carbocycles. The van der Waals surface area contributed by atoms with E-state index in [9.17, 15) is 19.1 Å². The first-order valence-corrected chi connectivity index (χ1v) is 14.1. The van der Waals surface area contributed by atoms with E-state index in [4.69, 9.17) is 14.8 Å². The van der Waals surface area contributed by atoms with E-state index in [-0.39, 0.29) is 29.7 Å². The number of carbonyl (C=O) groups excluding carboxylic acids is 2. The van der Waals surface area contributed by atoms with E-state index >= 15 is 4.39 Å². The number of rotatable bonds is 8. The van der Waals surface area contributed by atoms with Gasteiger partial charge in [-0.3, -0.25) is 9.78 Å². The molecule has 0 radical (unpaired) electrons. The largest absolute Gasteiger partial charge is 0.550 e. The molecule has 0 atom stereocenters. The molecule has 4 heterocycles. The van der Waals surface area contributed by atoms with E-state index in [0.717, 1.165) is 35.9 Å². The SMILES string of the molecule is Cc1nc(C2CCN(C(=O)CO)CC2)ccc1COc1c(F)cc(F)cc1-c1cccc(N2CCC(C(=O)[O-])CC2)n1. The Labute approximate surface area is 242 Å². The number of aliphatic hydroxyl groups excluding tert-OH is 1. The third-order valence-corrected chi connectivity index (χ3v) is 8.16. The lowest BCUT2D eigenvalue weighted by molar-refractivity contribution is -0.312. The number of aliphatic carboxylic acids is 1. The maximum absolute atomic E-state index is 15.1. The molecule has 3 aromatic rings. The highest BCUT2D eigenvalue weighted by Gasteiger charge is 2.25. The molecule has 0 spiro atoms. The number of benzene rings is 1. The van der Waals surface area contributed by atoms with Gasteiger partial charge in [0, 0.05) is 72.6 Å². The number of carboxylic acid groups (broad SMARTS) is 1. The molecular formula is C31H33F2N4O5-. The number of carboxylic acids is 1. The fourth-order valence-corrected chi connectivity index (χ4v) is 5.65. The minimum absolute atomic E-state index is 0.00847. The summed E-state index contributed by atoms with van der Waals surface area (Å²) in [6.07, 6.45) is 2.37. The molecule has 11 heteroatoms. The standard InChI is InChI=1S/C31H34F2N4O5/c1-19-22(5-6-26(34-19)20-7-13-37(14-8-20)29(39)17-38)18-42-30-24(15-23(32)16-25(30)33)27-3-2-4-28(35-27)36-11-9-21(10-12-36)31(40)41/h2-6,15-16,20-21,38H,7-14,17-18H2,1H3,(H,40,41)/p-1. The fraction of sp³-hybridized carbons (Fsp3) is 0.419. The monoisotopic (exact) mass is 579 g/mol. The second-order valence-electron chi connectivity index (χ2n) is 10.8. The second-order valence-corrected chi connectivity index (χ2v) is 10.8. The van der Waals surface area contributed by atoms with Crippen molar-refractivity contribution in [1.82, 2.24) is 14.9 Å². The van der Waals surface area contributed by atoms with Crippen molar-refractivity contribution in [3.05, 3.63) is 71.1 Å². The Morgan fingerprint density at radius 1 is 1.02 bits per heavy atom. The maximum Gasteiger partial charge on any atom is 0.248 e. The van der Waals surface area contributed by atoms with Crippen molar-refractivity contribution in [1.29, 1.82) is 0 Å². The van der Waals surface area contributed by atoms with Gasteiger partial charge in [0.2, 0.25) is 5.91 Å². The van der Waals surface area contributed by atoms with Gasteiger partial charge in [-0.25, -0.2) is 13.8 Å². The third kappa shape index (κ3) is 6.51. The van der Waals surface area contributed by atoms with Crippen molar-refractivity contribution >= 4 is 17.7 Å². The molecule has 222 valence electrons. The summed E-state index contributed by atoms with van der Waals surface area (Å²) in [6.45, 7) is 3.47. The molecule has 2 aromatic heterocycles. The van der Waals surface area contributed by atoms with Crippen LogP contribution in [0.5, 0.6) is 5.75 Å². The molecule has 1 aromatic carbocycles. The van der Waals surface area contributed by atoms with Crippen LogP contribution >= 0.6 is 0 Å². The number of anilines is 1. The molecule has 0 unspecified atom stereocenters. The normalized spacial score (nSPS) is 16.5. The summed E-state index contributed by atoms with van der Waals surface area (Å²) in [7, 11) is 0. The van der Waals surface area contributed by atoms with E-state index in [1.54, 1.807) is 23.1 Å². The molecule has 0 bridgehead atoms. The predicted molar refractivity (Wildman–Crippen MR) is 148 cm³/mol. The number of nitrogens with zero attached hydrogens (tertiary/aromatic N) is 4. The van der Waals surface area contributed by atoms with Crippen LogP contribution in [-0.4, -0.2) is 64.6 Å². The van der Waals surface area contributed by atoms with Gasteiger partial charge in [0.25, 0.3) is 0 Å². The van der Waals surface area contributed by atoms with Crippen LogP contribution in [0.2, 0.25) is 0 Å². The third-order valence-electron chi connectivity index (χ3n) is 8.16. The average Bonchev–Trinajstić information content (AvgIpc) is 3.00. The van der Waals surface area contributed by atoms with Gasteiger partial charge < -0.3 is 29.5 Å². The number of carbonyl (C=O) groups is 2. The summed E-state index contributed by atoms with van der Waals surface area (Å²) in [5.41, 5.74) is 2.89. The maximum atomic E-state index is 15.1. The Bertz CT molecular complexity index is 1450. The lowest BCUT2D eigenvalue weighted by Crippen LogP contribution is -2.41. The number of aromatic nitrogens is 2. The van der Waals surface area contributed by atoms with Crippen LogP contribution < -0.4 is 14.7 Å². The number of hydrogen-bond acceptors (Lipinski definition) is 8. The zero-order chi connectivity index (χ0) is 29.8. The molecule has 2 aliphatic heterocycles. The zero-order valence-electron chi connectivity index (χ0n) is 23.4. The van der Waals surface area contributed by atoms with Crippen LogP contribution in [0.3, 0.4) is 0 Å². The van der Waals surface area contributed by atoms with Gasteiger partial charge in [0.15, 0.2) is 11.6 Å². The van der Waals surface area contributed by atoms with Crippen LogP contribution in [0.4, 0.5) is 14.6 Å². The van der Waals surface area contributed by atoms with Gasteiger partial charge >= 0.3 is 0 Å². The second kappa shape index (κ2) is 12.8. The number of ether oxygens (including phenoxy) is 1. The number of aryl methyl sites for hydroxylation is 1. The molecule has 42 heavy (non-hydrogen) atoms. The van der Waals surface area contributed by atoms with E-state index in [2.05, 4.69) is 4.98 Å². The summed E-state index contributed by atoms with van der Waals surface area (Å²) < 4.78 is 35.4. The lowest BCUT2D eigenvalue weighted by Gasteiger charge is -2.33. The number of amides is 1. The van der Waals surface area contributed by atoms with Gasteiger partial charge in [0.1, 0.15) is 24.8 Å². The number of hydrogen-bond donors (Lipinski definition) is 1. The minimum Gasteiger partial charge on any atom is -0.550 e. The highest BCUT2D eigenvalue weighted by Crippen LogP contribution is 2.35. The van der Waals surface area contributed by atoms with Crippen LogP contribution in [-0.2, 0) is 16.2 Å². The van der Waals surface area contributed by atoms with Crippen molar-refractivity contribution < 1.29 is 33.3 Å². The highest BCUT2D eigenvalue weighted by molar-refractivity contribution is 5.77. The first-order valence-electron chi connectivity index (χ1n) is 14.1. The summed E-state index contributed by atoms with van der Waals surface area (Å²) in [5, 5.41) is 20.3. The minimum atomic E-state index is -1.05. The first kappa shape index (κ1) is 29.4. The number of pyridine rings is 2. The predicted octanol–water partition coefficient (Wildman–Crippen LogP) is 2.97. The topological polar surface area (TPSA) is 119 Å². The molecule has 5 rings (SSSR count). The van der Waals surface area contributed by atoms with Crippen molar-refractivity contribution in [3.63, 3.8) is 0 Å². The van der Waals surface area contributed by atoms with E-state index in [0.29, 0.717) is 50.5 Å². The van der Waals surface area contributed by atoms with Crippen LogP contribution in [0, 0.1) is 24.5 Å². The Hall–Kier alpha value is -4.12. The van der Waals surface area contributed by atoms with Gasteiger partial charge in [-0.15, -0.1) is 0 Å². The molecular weight excluding hydrogens is 546 g/mol. The van der Waals surface area contributed by atoms with Gasteiger partial charge in [0.05, 0.1) is 5.69 Å². The average molecular weight is 580 g/mol. The van der Waals surface area contributed by atoms with Crippen molar-refractivity contribution in [2.75, 3.05) is 37.7 Å². The highest BCUT2D eigenvalue weighted by atomic mass is 19.1. The van der Waals surface area contributed by atoms with E-state index in [1.807, 2.05) is 24.0 Å². The Morgan fingerprint density at radius 2 is 1.76 bits per heavy atom. The van der Waals surface area contributed by atoms with Crippen molar-refractivity contribution in [2.24, 2.45) is 5.92 Å². The molecule has 0 aliphatic carbocycles. The summed E-state index contributed by atoms with van der Waals surface area (Å²) in [4.78, 5) is 35.9. The molecule has 1 amide bonds. The van der Waals surface area contributed by atoms with Crippen molar-refractivity contribution in [3.8, 4) is 17.0 Å². The van der Waals surface area contributed by atoms with E-state index in [1.165, 1.54) is 6.07 Å². The summed E-state index contributed by atoms with van der Waals surface area (Å²) >= 11 is 0. The van der Waals surface area contributed by atoms with E-state index < -0.39 is 30.1 Å². The Balaban J connectivity index is 1.30. The molecule has 9 nitrogen and oxygen atoms in total. The first-order chi connectivity index (χ1) is 20.2. The zero-order valence-corrected chi connectivity index (χ0v) is 23.4. The number of aliphatic hydroxyl groups is 1. The molecule has 1 N–H and O–H groups in total. The molecule has 2 fully saturated rings. The quantitative estimate of drug-likeness (QED) is 0.433. The lowest BCUT2D eigenvalue weighted by atomic mass is 9.92. The number of halogens is 2. The van der Waals surface area contributed by atoms with Crippen molar-refractivity contribution in [2.45, 2.75) is 45.1 Å². The Morgan fingerprint density at radius 3 is 2.43 bits per heavy atom. The fourth-order valence-electron chi connectivity index (χ4n) is 5.65. The molecule has 2 saturated heterocycles. The van der Waals surface area contributed by atoms with Gasteiger partial charge in [-0.2, -0.15) is 0 Å². The van der Waals surface area contributed by atoms with Gasteiger partial charge in [-0.1, -0.05) is 12.1 Å². The molecule has 2 aliphatic rings. The summed E-state index contributed by atoms with van der Waals surface area (Å²) in [5.74, 6) is -2.77. The van der Waals surface area contributed by atoms with Crippen LogP contribution in [0.15, 0.2) is 42.5 Å². The summed E-state index contributed by atoms with van der Waals surface area (Å²) in [6, 6.07) is 10.9. The number of piperidine rings is 2.